The second-order valence-corrected chi connectivity index (χ2v) is 8.58. The van der Waals surface area contributed by atoms with E-state index in [1.165, 1.54) is 11.8 Å². The van der Waals surface area contributed by atoms with E-state index in [4.69, 9.17) is 21.1 Å². The fourth-order valence-electron chi connectivity index (χ4n) is 3.18. The molecular weight excluding hydrogens is 486 g/mol. The summed E-state index contributed by atoms with van der Waals surface area (Å²) in [7, 11) is 3.21. The minimum absolute atomic E-state index is 0.101. The Morgan fingerprint density at radius 1 is 1.03 bits per heavy atom. The monoisotopic (exact) mass is 507 g/mol. The van der Waals surface area contributed by atoms with Crippen LogP contribution in [0.1, 0.15) is 5.56 Å². The normalized spacial score (nSPS) is 10.9. The predicted molar refractivity (Wildman–Crippen MR) is 138 cm³/mol. The Labute approximate surface area is 211 Å². The molecule has 10 heteroatoms. The molecule has 1 heterocycles. The van der Waals surface area contributed by atoms with Gasteiger partial charge in [0.15, 0.2) is 11.0 Å². The predicted octanol–water partition coefficient (Wildman–Crippen LogP) is 4.85. The van der Waals surface area contributed by atoms with Gasteiger partial charge in [-0.2, -0.15) is 5.10 Å². The third kappa shape index (κ3) is 6.20. The van der Waals surface area contributed by atoms with Gasteiger partial charge >= 0.3 is 0 Å². The Kier molecular flexibility index (Phi) is 8.02. The molecule has 0 bridgehead atoms. The lowest BCUT2D eigenvalue weighted by Gasteiger charge is -2.11. The first-order valence-corrected chi connectivity index (χ1v) is 11.9. The molecule has 0 fully saturated rings. The lowest BCUT2D eigenvalue weighted by molar-refractivity contribution is -0.118. The Morgan fingerprint density at radius 2 is 1.77 bits per heavy atom. The molecule has 0 spiro atoms. The van der Waals surface area contributed by atoms with E-state index in [1.807, 2.05) is 65.2 Å². The molecule has 35 heavy (non-hydrogen) atoms. The largest absolute Gasteiger partial charge is 0.497 e. The molecule has 178 valence electrons. The molecule has 4 rings (SSSR count). The van der Waals surface area contributed by atoms with Crippen molar-refractivity contribution in [2.45, 2.75) is 5.16 Å². The van der Waals surface area contributed by atoms with Crippen molar-refractivity contribution in [3.63, 3.8) is 0 Å². The summed E-state index contributed by atoms with van der Waals surface area (Å²) < 4.78 is 12.3. The van der Waals surface area contributed by atoms with Crippen LogP contribution in [0, 0.1) is 0 Å². The minimum atomic E-state index is -0.272. The molecular formula is C25H22ClN5O3S. The van der Waals surface area contributed by atoms with Gasteiger partial charge in [0.1, 0.15) is 11.5 Å². The average Bonchev–Trinajstić information content (AvgIpc) is 3.32. The highest BCUT2D eigenvalue weighted by Gasteiger charge is 2.17. The van der Waals surface area contributed by atoms with Crippen molar-refractivity contribution >= 4 is 35.5 Å². The maximum atomic E-state index is 12.4. The van der Waals surface area contributed by atoms with Gasteiger partial charge in [0.2, 0.25) is 0 Å². The van der Waals surface area contributed by atoms with Gasteiger partial charge in [-0.3, -0.25) is 9.36 Å². The fourth-order valence-corrected chi connectivity index (χ4v) is 4.05. The van der Waals surface area contributed by atoms with Crippen LogP contribution in [0.2, 0.25) is 5.02 Å². The van der Waals surface area contributed by atoms with Crippen LogP contribution < -0.4 is 14.9 Å². The third-order valence-corrected chi connectivity index (χ3v) is 6.08. The zero-order valence-electron chi connectivity index (χ0n) is 19.0. The van der Waals surface area contributed by atoms with Crippen molar-refractivity contribution in [3.05, 3.63) is 83.4 Å². The van der Waals surface area contributed by atoms with Crippen LogP contribution >= 0.6 is 23.4 Å². The summed E-state index contributed by atoms with van der Waals surface area (Å²) in [5, 5.41) is 13.9. The van der Waals surface area contributed by atoms with Gasteiger partial charge in [0.05, 0.1) is 26.2 Å². The fraction of sp³-hybridized carbons (Fsp3) is 0.120. The van der Waals surface area contributed by atoms with Crippen LogP contribution in [0.4, 0.5) is 0 Å². The summed E-state index contributed by atoms with van der Waals surface area (Å²) in [6.07, 6.45) is 1.56. The van der Waals surface area contributed by atoms with Crippen molar-refractivity contribution in [3.8, 4) is 28.6 Å². The molecule has 0 aliphatic heterocycles. The van der Waals surface area contributed by atoms with Gasteiger partial charge in [0.25, 0.3) is 5.91 Å². The second kappa shape index (κ2) is 11.5. The Bertz CT molecular complexity index is 1320. The summed E-state index contributed by atoms with van der Waals surface area (Å²) >= 11 is 7.34. The first-order chi connectivity index (χ1) is 17.1. The number of hydrogen-bond acceptors (Lipinski definition) is 7. The highest BCUT2D eigenvalue weighted by Crippen LogP contribution is 2.29. The number of benzene rings is 3. The molecule has 0 aliphatic carbocycles. The minimum Gasteiger partial charge on any atom is -0.497 e. The van der Waals surface area contributed by atoms with Gasteiger partial charge in [-0.05, 0) is 66.2 Å². The van der Waals surface area contributed by atoms with E-state index in [1.54, 1.807) is 32.6 Å². The molecule has 1 N–H and O–H groups in total. The van der Waals surface area contributed by atoms with Crippen LogP contribution in [0.5, 0.6) is 11.5 Å². The zero-order chi connectivity index (χ0) is 24.6. The van der Waals surface area contributed by atoms with Gasteiger partial charge < -0.3 is 9.47 Å². The van der Waals surface area contributed by atoms with E-state index >= 15 is 0 Å². The van der Waals surface area contributed by atoms with Crippen LogP contribution in [-0.4, -0.2) is 46.9 Å². The van der Waals surface area contributed by atoms with Crippen LogP contribution in [0.15, 0.2) is 83.1 Å². The quantitative estimate of drug-likeness (QED) is 0.198. The molecule has 0 atom stereocenters. The van der Waals surface area contributed by atoms with Gasteiger partial charge in [-0.25, -0.2) is 5.43 Å². The standard InChI is InChI=1S/C25H22ClN5O3S/c1-33-21-12-6-18(7-13-21)24-29-30-25(31(24)20-10-8-19(26)9-11-20)35-16-23(32)28-27-15-17-4-3-5-22(14-17)34-2/h3-15H,16H2,1-2H3,(H,28,32)/b27-15-. The summed E-state index contributed by atoms with van der Waals surface area (Å²) in [5.74, 6) is 1.92. The molecule has 0 saturated heterocycles. The van der Waals surface area contributed by atoms with E-state index in [0.717, 1.165) is 22.6 Å². The number of nitrogens with one attached hydrogen (secondary N) is 1. The van der Waals surface area contributed by atoms with Crippen molar-refractivity contribution in [1.29, 1.82) is 0 Å². The van der Waals surface area contributed by atoms with Crippen molar-refractivity contribution in [2.75, 3.05) is 20.0 Å². The summed E-state index contributed by atoms with van der Waals surface area (Å²) in [5.41, 5.74) is 5.02. The number of nitrogens with zero attached hydrogens (tertiary/aromatic N) is 4. The number of amides is 1. The maximum absolute atomic E-state index is 12.4. The number of carbonyl (C=O) groups is 1. The SMILES string of the molecule is COc1ccc(-c2nnc(SCC(=O)N/N=C\c3cccc(OC)c3)n2-c2ccc(Cl)cc2)cc1. The van der Waals surface area contributed by atoms with E-state index in [-0.39, 0.29) is 11.7 Å². The number of carbonyl (C=O) groups excluding carboxylic acids is 1. The number of thioether (sulfide) groups is 1. The first-order valence-electron chi connectivity index (χ1n) is 10.5. The molecule has 1 amide bonds. The topological polar surface area (TPSA) is 90.6 Å². The number of hydrazone groups is 1. The van der Waals surface area contributed by atoms with Crippen LogP contribution in [0.25, 0.3) is 17.1 Å². The molecule has 0 aliphatic rings. The van der Waals surface area contributed by atoms with Crippen LogP contribution in [-0.2, 0) is 4.79 Å². The summed E-state index contributed by atoms with van der Waals surface area (Å²) in [6.45, 7) is 0. The lowest BCUT2D eigenvalue weighted by Crippen LogP contribution is -2.20. The van der Waals surface area contributed by atoms with Crippen molar-refractivity contribution < 1.29 is 14.3 Å². The van der Waals surface area contributed by atoms with Gasteiger partial charge in [-0.15, -0.1) is 10.2 Å². The third-order valence-electron chi connectivity index (χ3n) is 4.90. The van der Waals surface area contributed by atoms with E-state index in [0.29, 0.717) is 21.8 Å². The number of halogens is 1. The van der Waals surface area contributed by atoms with Crippen molar-refractivity contribution in [2.24, 2.45) is 5.10 Å². The highest BCUT2D eigenvalue weighted by molar-refractivity contribution is 7.99. The molecule has 1 aromatic heterocycles. The highest BCUT2D eigenvalue weighted by atomic mass is 35.5. The number of aromatic nitrogens is 3. The molecule has 0 unspecified atom stereocenters. The number of rotatable bonds is 9. The van der Waals surface area contributed by atoms with Gasteiger partial charge in [-0.1, -0.05) is 35.5 Å². The van der Waals surface area contributed by atoms with Crippen molar-refractivity contribution in [1.82, 2.24) is 20.2 Å². The smallest absolute Gasteiger partial charge is 0.250 e. The molecule has 3 aromatic carbocycles. The maximum Gasteiger partial charge on any atom is 0.250 e. The molecule has 4 aromatic rings. The van der Waals surface area contributed by atoms with E-state index in [9.17, 15) is 4.79 Å². The van der Waals surface area contributed by atoms with Crippen LogP contribution in [0.3, 0.4) is 0 Å². The van der Waals surface area contributed by atoms with Gasteiger partial charge in [0, 0.05) is 16.3 Å². The van der Waals surface area contributed by atoms with E-state index < -0.39 is 0 Å². The summed E-state index contributed by atoms with van der Waals surface area (Å²) in [4.78, 5) is 12.4. The number of ether oxygens (including phenoxy) is 2. The molecule has 0 saturated carbocycles. The Morgan fingerprint density at radius 3 is 2.49 bits per heavy atom. The Hall–Kier alpha value is -3.82. The molecule has 8 nitrogen and oxygen atoms in total. The molecule has 0 radical (unpaired) electrons. The Balaban J connectivity index is 1.50. The first kappa shape index (κ1) is 24.3. The average molecular weight is 508 g/mol. The summed E-state index contributed by atoms with van der Waals surface area (Å²) in [6, 6.07) is 22.2. The zero-order valence-corrected chi connectivity index (χ0v) is 20.6. The lowest BCUT2D eigenvalue weighted by atomic mass is 10.2. The number of hydrogen-bond donors (Lipinski definition) is 1. The second-order valence-electron chi connectivity index (χ2n) is 7.20. The number of methoxy groups -OCH3 is 2. The van der Waals surface area contributed by atoms with E-state index in [2.05, 4.69) is 20.7 Å².